The van der Waals surface area contributed by atoms with Gasteiger partial charge in [-0.25, -0.2) is 4.79 Å². The first kappa shape index (κ1) is 14.1. The molecule has 0 unspecified atom stereocenters. The number of aliphatic hydroxyl groups is 1. The Bertz CT molecular complexity index is 553. The van der Waals surface area contributed by atoms with Crippen LogP contribution in [0.25, 0.3) is 0 Å². The predicted molar refractivity (Wildman–Crippen MR) is 74.1 cm³/mol. The summed E-state index contributed by atoms with van der Waals surface area (Å²) in [4.78, 5) is 15.1. The molecule has 2 aliphatic rings. The van der Waals surface area contributed by atoms with Crippen LogP contribution in [0.15, 0.2) is 18.5 Å². The summed E-state index contributed by atoms with van der Waals surface area (Å²) >= 11 is 0. The number of nitrogens with two attached hydrogens (primary N) is 2. The normalized spacial score (nSPS) is 35.2. The Balaban J connectivity index is 1.89. The third kappa shape index (κ3) is 2.43. The van der Waals surface area contributed by atoms with Gasteiger partial charge in [0.1, 0.15) is 11.7 Å². The summed E-state index contributed by atoms with van der Waals surface area (Å²) in [6.45, 7) is 0. The maximum Gasteiger partial charge on any atom is 0.404 e. The van der Waals surface area contributed by atoms with E-state index in [9.17, 15) is 9.90 Å². The van der Waals surface area contributed by atoms with Gasteiger partial charge in [0.15, 0.2) is 0 Å². The van der Waals surface area contributed by atoms with Crippen LogP contribution in [0.1, 0.15) is 37.4 Å². The molecule has 1 saturated carbocycles. The molecule has 0 bridgehead atoms. The quantitative estimate of drug-likeness (QED) is 0.744. The molecular weight excluding hydrogens is 274 g/mol. The summed E-state index contributed by atoms with van der Waals surface area (Å²) in [6, 6.07) is 1.78. The molecule has 1 aromatic rings. The van der Waals surface area contributed by atoms with Crippen LogP contribution in [0.5, 0.6) is 0 Å². The third-order valence-corrected chi connectivity index (χ3v) is 4.41. The number of nitrogen functional groups attached to an aromatic ring is 1. The van der Waals surface area contributed by atoms with Crippen LogP contribution in [0.3, 0.4) is 0 Å². The van der Waals surface area contributed by atoms with Crippen molar-refractivity contribution in [2.75, 3.05) is 5.73 Å². The second-order valence-electron chi connectivity index (χ2n) is 5.66. The van der Waals surface area contributed by atoms with Crippen molar-refractivity contribution in [2.24, 2.45) is 5.73 Å². The highest BCUT2D eigenvalue weighted by Gasteiger charge is 2.55. The summed E-state index contributed by atoms with van der Waals surface area (Å²) in [7, 11) is 0. The fraction of sp³-hybridized carbons (Fsp3) is 0.571. The fourth-order valence-corrected chi connectivity index (χ4v) is 3.39. The van der Waals surface area contributed by atoms with Crippen molar-refractivity contribution in [3.8, 4) is 0 Å². The van der Waals surface area contributed by atoms with Gasteiger partial charge in [0.25, 0.3) is 0 Å². The number of carbonyl (C=O) groups is 1. The van der Waals surface area contributed by atoms with E-state index in [0.29, 0.717) is 18.5 Å². The molecule has 1 aliphatic carbocycles. The highest BCUT2D eigenvalue weighted by Crippen LogP contribution is 2.47. The lowest BCUT2D eigenvalue weighted by molar-refractivity contribution is -0.214. The average Bonchev–Trinajstić information content (AvgIpc) is 2.81. The highest BCUT2D eigenvalue weighted by molar-refractivity contribution is 5.65. The van der Waals surface area contributed by atoms with Crippen molar-refractivity contribution in [3.63, 3.8) is 0 Å². The summed E-state index contributed by atoms with van der Waals surface area (Å²) in [5.74, 6) is 0. The molecule has 7 nitrogen and oxygen atoms in total. The van der Waals surface area contributed by atoms with Gasteiger partial charge in [-0.15, -0.1) is 0 Å². The van der Waals surface area contributed by atoms with Crippen LogP contribution in [0.2, 0.25) is 0 Å². The summed E-state index contributed by atoms with van der Waals surface area (Å²) < 4.78 is 11.2. The molecule has 1 amide bonds. The molecule has 7 heteroatoms. The van der Waals surface area contributed by atoms with Crippen molar-refractivity contribution in [1.82, 2.24) is 4.98 Å². The number of primary amides is 1. The Morgan fingerprint density at radius 1 is 1.57 bits per heavy atom. The highest BCUT2D eigenvalue weighted by atomic mass is 16.6. The zero-order valence-corrected chi connectivity index (χ0v) is 11.6. The smallest absolute Gasteiger partial charge is 0.404 e. The van der Waals surface area contributed by atoms with Gasteiger partial charge < -0.3 is 26.0 Å². The molecule has 3 rings (SSSR count). The minimum Gasteiger partial charge on any atom is -0.443 e. The van der Waals surface area contributed by atoms with Crippen LogP contribution < -0.4 is 11.5 Å². The topological polar surface area (TPSA) is 121 Å². The lowest BCUT2D eigenvalue weighted by atomic mass is 9.84. The molecule has 1 saturated heterocycles. The lowest BCUT2D eigenvalue weighted by Gasteiger charge is -2.44. The molecule has 1 aliphatic heterocycles. The van der Waals surface area contributed by atoms with Gasteiger partial charge in [-0.1, -0.05) is 0 Å². The van der Waals surface area contributed by atoms with Crippen molar-refractivity contribution in [3.05, 3.63) is 24.0 Å². The Hall–Kier alpha value is -1.86. The van der Waals surface area contributed by atoms with E-state index >= 15 is 0 Å². The third-order valence-electron chi connectivity index (χ3n) is 4.41. The first-order chi connectivity index (χ1) is 10.0. The number of pyridine rings is 1. The summed E-state index contributed by atoms with van der Waals surface area (Å²) in [5.41, 5.74) is 11.2. The monoisotopic (exact) mass is 293 g/mol. The number of anilines is 1. The molecule has 5 N–H and O–H groups in total. The maximum absolute atomic E-state index is 11.1. The molecule has 1 aromatic heterocycles. The number of amides is 1. The number of hydrogen-bond donors (Lipinski definition) is 3. The SMILES string of the molecule is NC(=O)O[C@H]1C[C@@H](c2ccncc2N)O[C@H]2CCC[C@@]12O. The Labute approximate surface area is 122 Å². The van der Waals surface area contributed by atoms with Gasteiger partial charge in [-0.3, -0.25) is 4.98 Å². The van der Waals surface area contributed by atoms with E-state index in [4.69, 9.17) is 20.9 Å². The van der Waals surface area contributed by atoms with Crippen molar-refractivity contribution in [1.29, 1.82) is 0 Å². The van der Waals surface area contributed by atoms with E-state index < -0.39 is 17.8 Å². The molecular formula is C14H19N3O4. The Morgan fingerprint density at radius 3 is 3.10 bits per heavy atom. The molecule has 2 heterocycles. The fourth-order valence-electron chi connectivity index (χ4n) is 3.39. The van der Waals surface area contributed by atoms with Crippen LogP contribution in [0, 0.1) is 0 Å². The number of rotatable bonds is 2. The van der Waals surface area contributed by atoms with E-state index in [-0.39, 0.29) is 12.2 Å². The van der Waals surface area contributed by atoms with E-state index in [1.807, 2.05) is 0 Å². The van der Waals surface area contributed by atoms with Crippen molar-refractivity contribution >= 4 is 11.8 Å². The molecule has 2 fully saturated rings. The van der Waals surface area contributed by atoms with Crippen molar-refractivity contribution < 1.29 is 19.4 Å². The molecule has 0 spiro atoms. The number of carbonyl (C=O) groups excluding carboxylic acids is 1. The zero-order chi connectivity index (χ0) is 15.0. The molecule has 0 radical (unpaired) electrons. The number of nitrogens with zero attached hydrogens (tertiary/aromatic N) is 1. The Morgan fingerprint density at radius 2 is 2.38 bits per heavy atom. The minimum absolute atomic E-state index is 0.324. The molecule has 21 heavy (non-hydrogen) atoms. The van der Waals surface area contributed by atoms with Crippen LogP contribution >= 0.6 is 0 Å². The zero-order valence-electron chi connectivity index (χ0n) is 11.6. The molecule has 114 valence electrons. The first-order valence-corrected chi connectivity index (χ1v) is 7.04. The number of ether oxygens (including phenoxy) is 2. The standard InChI is InChI=1S/C14H19N3O4/c15-9-7-17-5-3-8(9)10-6-12(21-13(16)18)14(19)4-1-2-11(14)20-10/h3,5,7,10-12,19H,1-2,4,6,15H2,(H2,16,18)/t10-,11-,12-,14-/m0/s1. The predicted octanol–water partition coefficient (Wildman–Crippen LogP) is 0.873. The van der Waals surface area contributed by atoms with E-state index in [1.165, 1.54) is 0 Å². The van der Waals surface area contributed by atoms with Gasteiger partial charge in [0.05, 0.1) is 24.1 Å². The maximum atomic E-state index is 11.1. The molecule has 4 atom stereocenters. The first-order valence-electron chi connectivity index (χ1n) is 7.04. The lowest BCUT2D eigenvalue weighted by Crippen LogP contribution is -2.56. The number of aromatic nitrogens is 1. The van der Waals surface area contributed by atoms with E-state index in [2.05, 4.69) is 4.98 Å². The van der Waals surface area contributed by atoms with Crippen molar-refractivity contribution in [2.45, 2.75) is 49.6 Å². The van der Waals surface area contributed by atoms with Gasteiger partial charge >= 0.3 is 6.09 Å². The summed E-state index contributed by atoms with van der Waals surface area (Å²) in [6.07, 6.45) is 3.28. The minimum atomic E-state index is -1.16. The van der Waals surface area contributed by atoms with Gasteiger partial charge in [-0.05, 0) is 25.3 Å². The van der Waals surface area contributed by atoms with Gasteiger partial charge in [-0.2, -0.15) is 0 Å². The van der Waals surface area contributed by atoms with Crippen LogP contribution in [-0.2, 0) is 9.47 Å². The average molecular weight is 293 g/mol. The van der Waals surface area contributed by atoms with Gasteiger partial charge in [0.2, 0.25) is 0 Å². The molecule has 0 aromatic carbocycles. The van der Waals surface area contributed by atoms with Gasteiger partial charge in [0, 0.05) is 18.2 Å². The van der Waals surface area contributed by atoms with E-state index in [0.717, 1.165) is 18.4 Å². The van der Waals surface area contributed by atoms with Crippen LogP contribution in [0.4, 0.5) is 10.5 Å². The summed E-state index contributed by atoms with van der Waals surface area (Å²) in [5, 5.41) is 10.8. The number of hydrogen-bond acceptors (Lipinski definition) is 6. The largest absolute Gasteiger partial charge is 0.443 e. The second-order valence-corrected chi connectivity index (χ2v) is 5.66. The van der Waals surface area contributed by atoms with Crippen LogP contribution in [-0.4, -0.2) is 34.0 Å². The Kier molecular flexibility index (Phi) is 3.46. The number of fused-ring (bicyclic) bond motifs is 1. The second kappa shape index (κ2) is 5.16. The van der Waals surface area contributed by atoms with E-state index in [1.54, 1.807) is 18.5 Å².